The molecule has 3 saturated heterocycles. The van der Waals surface area contributed by atoms with Gasteiger partial charge in [0, 0.05) is 163 Å². The maximum absolute atomic E-state index is 14.8. The molecule has 8 N–H and O–H groups in total. The fourth-order valence-electron chi connectivity index (χ4n) is 15.7. The number of nitrogens with one attached hydrogen (secondary N) is 6. The minimum atomic E-state index is -1.96. The Bertz CT molecular complexity index is 6050. The maximum Gasteiger partial charge on any atom is 0.305 e. The monoisotopic (exact) mass is 1870 g/mol. The first kappa shape index (κ1) is 98.6. The van der Waals surface area contributed by atoms with Crippen LogP contribution in [0.5, 0.6) is 0 Å². The number of carbonyl (C=O) groups is 17. The number of nitrogens with zero attached hydrogens (tertiary/aromatic N) is 2. The molecule has 0 radical (unpaired) electrons. The molecule has 17 atom stereocenters. The van der Waals surface area contributed by atoms with Crippen LogP contribution >= 0.6 is 0 Å². The van der Waals surface area contributed by atoms with Crippen molar-refractivity contribution in [2.24, 2.45) is 0 Å². The van der Waals surface area contributed by atoms with E-state index in [0.717, 1.165) is 83.1 Å². The van der Waals surface area contributed by atoms with Gasteiger partial charge in [-0.05, 0) is 114 Å². The van der Waals surface area contributed by atoms with Gasteiger partial charge >= 0.3 is 77.6 Å². The number of carbonyl (C=O) groups excluding carboxylic acids is 17. The fourth-order valence-corrected chi connectivity index (χ4v) is 15.7. The van der Waals surface area contributed by atoms with Gasteiger partial charge in [-0.1, -0.05) is 48.5 Å². The van der Waals surface area contributed by atoms with Crippen molar-refractivity contribution in [2.75, 3.05) is 28.4 Å². The summed E-state index contributed by atoms with van der Waals surface area (Å²) in [6, 6.07) is 30.9. The van der Waals surface area contributed by atoms with Gasteiger partial charge in [0.25, 0.3) is 17.7 Å². The lowest BCUT2D eigenvalue weighted by atomic mass is 9.96. The third kappa shape index (κ3) is 23.9. The van der Waals surface area contributed by atoms with E-state index >= 15 is 0 Å². The van der Waals surface area contributed by atoms with Gasteiger partial charge in [0.15, 0.2) is 54.9 Å². The van der Waals surface area contributed by atoms with Gasteiger partial charge in [0.1, 0.15) is 12.2 Å². The summed E-state index contributed by atoms with van der Waals surface area (Å²) >= 11 is 0. The number of aliphatic hydroxyl groups is 2. The van der Waals surface area contributed by atoms with Gasteiger partial charge in [-0.2, -0.15) is 0 Å². The Hall–Kier alpha value is -15.5. The van der Waals surface area contributed by atoms with Gasteiger partial charge in [0.05, 0.1) is 29.9 Å². The van der Waals surface area contributed by atoms with Gasteiger partial charge < -0.3 is 117 Å². The fraction of sp³-hybridized carbons (Fsp3) is 0.359. The highest BCUT2D eigenvalue weighted by Crippen LogP contribution is 2.46. The summed E-state index contributed by atoms with van der Waals surface area (Å²) < 4.78 is 88.0. The van der Waals surface area contributed by atoms with Crippen molar-refractivity contribution < 1.29 is 168 Å². The number of aromatic nitrogens is 4. The molecule has 4 aromatic carbocycles. The first-order valence-electron chi connectivity index (χ1n) is 41.7. The predicted octanol–water partition coefficient (Wildman–Crippen LogP) is 7.27. The first-order valence-corrected chi connectivity index (χ1v) is 41.7. The number of aliphatic hydroxyl groups excluding tert-OH is 2. The summed E-state index contributed by atoms with van der Waals surface area (Å²) in [7, 11) is 1.23. The van der Waals surface area contributed by atoms with Crippen LogP contribution in [0.15, 0.2) is 121 Å². The Balaban J connectivity index is 1.05. The summed E-state index contributed by atoms with van der Waals surface area (Å²) in [6.07, 6.45) is -28.2. The van der Waals surface area contributed by atoms with Crippen molar-refractivity contribution in [3.63, 3.8) is 0 Å². The lowest BCUT2D eigenvalue weighted by Crippen LogP contribution is -2.64. The highest BCUT2D eigenvalue weighted by molar-refractivity contribution is 6.02. The molecule has 12 rings (SSSR count). The lowest BCUT2D eigenvalue weighted by Gasteiger charge is -2.43. The molecule has 4 amide bonds. The minimum Gasteiger partial charge on any atom is -0.469 e. The normalized spacial score (nSPS) is 22.6. The van der Waals surface area contributed by atoms with Crippen LogP contribution in [-0.2, 0) is 157 Å². The standard InChI is InChI=1S/C92H92N8O35/c1-39(101)121-75-78(124-42(4)104)84(127-45(7)107)90(130-48(10)110)133-81(75)87(117)94-56-27-17-51(18-28-56)67-59-33-34-60(97-59)68(52-19-29-57(30-20-52)95-88(118)82-76(122-40(2)102)79(125-43(5)105)85(128-46(8)108)91(134-82)131-49(11)111)62-36-38-64(99-62)70(54-23-31-58(32-24-54)96-89(119)83-77(123-41(3)103)80(126-44(6)106)86(129-47(9)109)92(135-83)132-50(12)112)72-74(116)73(115)71(100-72)69(63-37-35-61(67)98-63)53-21-25-55(26-22-53)93-65(113)15-14-16-66(114)120-13/h17-38,73-86,90-92,98-99,115-116H,14-16H2,1-13H3,(H,93,113)(H,94,117)(H,95,118)(H,96,119)/t73-,74+,75-,76-,77-,78-,79-,80-,81-,82-,83-,84+,85+,86+,90-,91-,92-/m0/s1. The number of hydrogen-bond acceptors (Lipinski definition) is 37. The molecule has 710 valence electrons. The van der Waals surface area contributed by atoms with Crippen LogP contribution in [0.3, 0.4) is 0 Å². The molecule has 8 heterocycles. The van der Waals surface area contributed by atoms with Crippen LogP contribution in [-0.4, -0.2) is 231 Å². The number of hydrogen-bond donors (Lipinski definition) is 8. The second kappa shape index (κ2) is 42.8. The number of H-pyrrole nitrogens is 2. The second-order valence-electron chi connectivity index (χ2n) is 31.1. The van der Waals surface area contributed by atoms with E-state index in [1.165, 1.54) is 55.6 Å². The van der Waals surface area contributed by atoms with E-state index in [1.807, 2.05) is 0 Å². The van der Waals surface area contributed by atoms with Crippen LogP contribution in [0.4, 0.5) is 22.7 Å². The number of ether oxygens (including phenoxy) is 16. The van der Waals surface area contributed by atoms with Crippen LogP contribution in [0, 0.1) is 0 Å². The van der Waals surface area contributed by atoms with Crippen molar-refractivity contribution in [3.8, 4) is 44.5 Å². The van der Waals surface area contributed by atoms with Crippen molar-refractivity contribution >= 4 is 158 Å². The van der Waals surface area contributed by atoms with Crippen LogP contribution < -0.4 is 21.3 Å². The van der Waals surface area contributed by atoms with Crippen molar-refractivity contribution in [3.05, 3.63) is 144 Å². The van der Waals surface area contributed by atoms with Crippen molar-refractivity contribution in [1.29, 1.82) is 0 Å². The summed E-state index contributed by atoms with van der Waals surface area (Å²) in [5, 5.41) is 36.7. The molecule has 0 aliphatic carbocycles. The molecule has 7 aromatic rings. The van der Waals surface area contributed by atoms with E-state index in [1.54, 1.807) is 84.9 Å². The number of fused-ring (bicyclic) bond motifs is 8. The van der Waals surface area contributed by atoms with Gasteiger partial charge in [-0.3, -0.25) is 86.5 Å². The second-order valence-corrected chi connectivity index (χ2v) is 31.1. The molecular formula is C92H92N8O35. The average Bonchev–Trinajstić information content (AvgIpc) is 1.64. The van der Waals surface area contributed by atoms with Crippen molar-refractivity contribution in [1.82, 2.24) is 19.9 Å². The first-order chi connectivity index (χ1) is 64.1. The van der Waals surface area contributed by atoms with E-state index < -0.39 is 206 Å². The molecule has 5 aliphatic rings. The van der Waals surface area contributed by atoms with Crippen LogP contribution in [0.25, 0.3) is 78.7 Å². The van der Waals surface area contributed by atoms with E-state index in [9.17, 15) is 91.7 Å². The Labute approximate surface area is 766 Å². The van der Waals surface area contributed by atoms with Gasteiger partial charge in [0.2, 0.25) is 43.1 Å². The summed E-state index contributed by atoms with van der Waals surface area (Å²) in [4.78, 5) is 239. The van der Waals surface area contributed by atoms with Gasteiger partial charge in [-0.25, -0.2) is 4.98 Å². The molecule has 0 unspecified atom stereocenters. The topological polar surface area (TPSA) is 584 Å². The predicted molar refractivity (Wildman–Crippen MR) is 463 cm³/mol. The molecular weight excluding hydrogens is 1780 g/mol. The van der Waals surface area contributed by atoms with E-state index in [2.05, 4.69) is 31.2 Å². The molecule has 3 fully saturated rings. The molecule has 8 bridgehead atoms. The molecule has 43 heteroatoms. The Morgan fingerprint density at radius 2 is 0.548 bits per heavy atom. The summed E-state index contributed by atoms with van der Waals surface area (Å²) in [6.45, 7) is 11.8. The van der Waals surface area contributed by atoms with E-state index in [4.69, 9.17) is 85.8 Å². The number of aromatic amines is 2. The number of esters is 13. The molecule has 5 aliphatic heterocycles. The Morgan fingerprint density at radius 1 is 0.304 bits per heavy atom. The van der Waals surface area contributed by atoms with E-state index in [-0.39, 0.29) is 92.3 Å². The zero-order valence-electron chi connectivity index (χ0n) is 74.4. The third-order valence-corrected chi connectivity index (χ3v) is 20.8. The lowest BCUT2D eigenvalue weighted by molar-refractivity contribution is -0.289. The summed E-state index contributed by atoms with van der Waals surface area (Å²) in [5.74, 6) is -16.0. The minimum absolute atomic E-state index is 0.00487. The SMILES string of the molecule is COC(=O)CCCC(=O)Nc1ccc(-c2c3nc(c(-c4ccc(NC(=O)[C@H]5O[C@H](OC(C)=O)[C@H](OC(C)=O)[C@@H](OC(C)=O)[C@@H]5OC(C)=O)cc4)c4ccc([nH]4)c(-c4ccc(NC(=O)[C@H]5O[C@H](OC(C)=O)[C@H](OC(C)=O)[C@@H](OC(C)=O)[C@@H]5OC(C)=O)cc4)c4nc(c(-c5ccc(NC(=O)[C@H]6O[C@H](OC(C)=O)[C@H](OC(C)=O)[C@@H](OC(C)=O)[C@@H]6OC(C)=O)cc5)c5ccc2[nH]5)C=C4)[C@@H](O)[C@H]3O)cc1. The van der Waals surface area contributed by atoms with Gasteiger partial charge in [-0.15, -0.1) is 0 Å². The molecule has 3 aromatic heterocycles. The highest BCUT2D eigenvalue weighted by atomic mass is 16.8. The Morgan fingerprint density at radius 3 is 0.815 bits per heavy atom. The number of benzene rings is 4. The number of amides is 4. The van der Waals surface area contributed by atoms with Crippen molar-refractivity contribution in [2.45, 2.75) is 207 Å². The highest BCUT2D eigenvalue weighted by Gasteiger charge is 2.59. The largest absolute Gasteiger partial charge is 0.469 e. The van der Waals surface area contributed by atoms with E-state index in [0.29, 0.717) is 39.0 Å². The van der Waals surface area contributed by atoms with Crippen LogP contribution in [0.1, 0.15) is 137 Å². The quantitative estimate of drug-likeness (QED) is 0.0185. The molecule has 0 spiro atoms. The number of rotatable bonds is 27. The zero-order chi connectivity index (χ0) is 97.8. The molecule has 0 saturated carbocycles. The smallest absolute Gasteiger partial charge is 0.305 e. The number of methoxy groups -OCH3 is 1. The molecule has 43 nitrogen and oxygen atoms in total. The summed E-state index contributed by atoms with van der Waals surface area (Å²) in [5.41, 5.74) is 3.76. The Kier molecular flexibility index (Phi) is 31.3. The van der Waals surface area contributed by atoms with Crippen LogP contribution in [0.2, 0.25) is 0 Å². The number of anilines is 4. The zero-order valence-corrected chi connectivity index (χ0v) is 74.4. The average molecular weight is 1870 g/mol. The molecule has 135 heavy (non-hydrogen) atoms. The third-order valence-electron chi connectivity index (χ3n) is 20.8. The maximum atomic E-state index is 14.8.